The Morgan fingerprint density at radius 1 is 1.28 bits per heavy atom. The molecule has 92 valence electrons. The smallest absolute Gasteiger partial charge is 0.226 e. The van der Waals surface area contributed by atoms with Gasteiger partial charge < -0.3 is 10.2 Å². The van der Waals surface area contributed by atoms with Crippen LogP contribution in [0.25, 0.3) is 0 Å². The highest BCUT2D eigenvalue weighted by Gasteiger charge is 2.35. The molecule has 0 bridgehead atoms. The maximum absolute atomic E-state index is 11.8. The molecule has 3 rings (SSSR count). The van der Waals surface area contributed by atoms with Gasteiger partial charge in [-0.05, 0) is 37.1 Å². The van der Waals surface area contributed by atoms with Gasteiger partial charge in [0.15, 0.2) is 0 Å². The van der Waals surface area contributed by atoms with E-state index in [0.29, 0.717) is 11.6 Å². The van der Waals surface area contributed by atoms with Crippen molar-refractivity contribution in [2.45, 2.75) is 18.9 Å². The van der Waals surface area contributed by atoms with Gasteiger partial charge in [-0.15, -0.1) is 0 Å². The molecule has 1 aliphatic carbocycles. The van der Waals surface area contributed by atoms with E-state index < -0.39 is 0 Å². The zero-order chi connectivity index (χ0) is 12.5. The molecule has 1 saturated carbocycles. The largest absolute Gasteiger partial charge is 0.370 e. The molecular weight excluding hydrogens is 226 g/mol. The number of carbonyl (C=O) groups is 1. The summed E-state index contributed by atoms with van der Waals surface area (Å²) in [5, 5.41) is 11.8. The molecule has 1 heterocycles. The second-order valence-corrected chi connectivity index (χ2v) is 5.04. The highest BCUT2D eigenvalue weighted by atomic mass is 16.2. The first-order valence-electron chi connectivity index (χ1n) is 6.32. The van der Waals surface area contributed by atoms with Gasteiger partial charge in [0.25, 0.3) is 0 Å². The van der Waals surface area contributed by atoms with E-state index in [-0.39, 0.29) is 11.8 Å². The molecular formula is C14H15N3O. The van der Waals surface area contributed by atoms with Crippen LogP contribution in [0.3, 0.4) is 0 Å². The standard InChI is InChI=1S/C14H15N3O/c15-7-10-1-5-13(6-2-10)17-8-11(9-17)14(18)16-12-3-4-12/h1-2,5-6,11-12H,3-4,8-9H2,(H,16,18). The predicted molar refractivity (Wildman–Crippen MR) is 68.0 cm³/mol. The molecule has 0 spiro atoms. The summed E-state index contributed by atoms with van der Waals surface area (Å²) in [6, 6.07) is 10.0. The molecule has 0 atom stereocenters. The van der Waals surface area contributed by atoms with Crippen LogP contribution >= 0.6 is 0 Å². The van der Waals surface area contributed by atoms with Crippen molar-refractivity contribution in [1.82, 2.24) is 5.32 Å². The van der Waals surface area contributed by atoms with Gasteiger partial charge in [-0.1, -0.05) is 0 Å². The minimum absolute atomic E-state index is 0.126. The summed E-state index contributed by atoms with van der Waals surface area (Å²) in [6.45, 7) is 1.56. The normalized spacial score (nSPS) is 18.9. The first-order chi connectivity index (χ1) is 8.76. The van der Waals surface area contributed by atoms with Gasteiger partial charge in [0, 0.05) is 24.8 Å². The second-order valence-electron chi connectivity index (χ2n) is 5.04. The van der Waals surface area contributed by atoms with Gasteiger partial charge >= 0.3 is 0 Å². The predicted octanol–water partition coefficient (Wildman–Crippen LogP) is 1.27. The molecule has 0 aromatic heterocycles. The van der Waals surface area contributed by atoms with Crippen LogP contribution in [0.4, 0.5) is 5.69 Å². The van der Waals surface area contributed by atoms with Gasteiger partial charge in [-0.3, -0.25) is 4.79 Å². The molecule has 18 heavy (non-hydrogen) atoms. The highest BCUT2D eigenvalue weighted by Crippen LogP contribution is 2.26. The average Bonchev–Trinajstić information content (AvgIpc) is 3.12. The molecule has 4 heteroatoms. The average molecular weight is 241 g/mol. The van der Waals surface area contributed by atoms with E-state index in [4.69, 9.17) is 5.26 Å². The summed E-state index contributed by atoms with van der Waals surface area (Å²) in [4.78, 5) is 13.9. The van der Waals surface area contributed by atoms with Crippen molar-refractivity contribution in [2.75, 3.05) is 18.0 Å². The number of nitrogens with one attached hydrogen (secondary N) is 1. The Morgan fingerprint density at radius 2 is 1.94 bits per heavy atom. The number of nitrogens with zero attached hydrogens (tertiary/aromatic N) is 2. The number of anilines is 1. The van der Waals surface area contributed by atoms with Crippen LogP contribution < -0.4 is 10.2 Å². The molecule has 0 unspecified atom stereocenters. The summed E-state index contributed by atoms with van der Waals surface area (Å²) in [7, 11) is 0. The lowest BCUT2D eigenvalue weighted by molar-refractivity contribution is -0.125. The van der Waals surface area contributed by atoms with Crippen molar-refractivity contribution in [3.8, 4) is 6.07 Å². The monoisotopic (exact) mass is 241 g/mol. The molecule has 1 aliphatic heterocycles. The lowest BCUT2D eigenvalue weighted by Crippen LogP contribution is -2.54. The molecule has 2 fully saturated rings. The maximum Gasteiger partial charge on any atom is 0.226 e. The van der Waals surface area contributed by atoms with E-state index >= 15 is 0 Å². The van der Waals surface area contributed by atoms with Crippen LogP contribution in [0.15, 0.2) is 24.3 Å². The summed E-state index contributed by atoms with van der Waals surface area (Å²) in [5.74, 6) is 0.323. The summed E-state index contributed by atoms with van der Waals surface area (Å²) in [6.07, 6.45) is 2.27. The van der Waals surface area contributed by atoms with Gasteiger partial charge in [-0.25, -0.2) is 0 Å². The van der Waals surface area contributed by atoms with Crippen molar-refractivity contribution in [2.24, 2.45) is 5.92 Å². The highest BCUT2D eigenvalue weighted by molar-refractivity contribution is 5.82. The Bertz CT molecular complexity index is 493. The van der Waals surface area contributed by atoms with Crippen LogP contribution in [-0.4, -0.2) is 25.0 Å². The Kier molecular flexibility index (Phi) is 2.67. The van der Waals surface area contributed by atoms with Gasteiger partial charge in [0.1, 0.15) is 0 Å². The molecule has 1 N–H and O–H groups in total. The summed E-state index contributed by atoms with van der Waals surface area (Å²) in [5.41, 5.74) is 1.76. The Hall–Kier alpha value is -2.02. The SMILES string of the molecule is N#Cc1ccc(N2CC(C(=O)NC3CC3)C2)cc1. The van der Waals surface area contributed by atoms with Crippen molar-refractivity contribution in [3.63, 3.8) is 0 Å². The van der Waals surface area contributed by atoms with Crippen LogP contribution in [0.1, 0.15) is 18.4 Å². The molecule has 2 aliphatic rings. The van der Waals surface area contributed by atoms with Crippen molar-refractivity contribution < 1.29 is 4.79 Å². The minimum atomic E-state index is 0.126. The Labute approximate surface area is 106 Å². The topological polar surface area (TPSA) is 56.1 Å². The number of amides is 1. The van der Waals surface area contributed by atoms with E-state index in [2.05, 4.69) is 16.3 Å². The second kappa shape index (κ2) is 4.34. The van der Waals surface area contributed by atoms with Gasteiger partial charge in [-0.2, -0.15) is 5.26 Å². The van der Waals surface area contributed by atoms with Crippen molar-refractivity contribution in [3.05, 3.63) is 29.8 Å². The summed E-state index contributed by atoms with van der Waals surface area (Å²) < 4.78 is 0. The minimum Gasteiger partial charge on any atom is -0.370 e. The van der Waals surface area contributed by atoms with Gasteiger partial charge in [0.2, 0.25) is 5.91 Å². The Balaban J connectivity index is 1.54. The zero-order valence-electron chi connectivity index (χ0n) is 10.1. The van der Waals surface area contributed by atoms with Crippen LogP contribution in [0, 0.1) is 17.2 Å². The fourth-order valence-electron chi connectivity index (χ4n) is 2.15. The van der Waals surface area contributed by atoms with Crippen LogP contribution in [0.5, 0.6) is 0 Å². The quantitative estimate of drug-likeness (QED) is 0.867. The fraction of sp³-hybridized carbons (Fsp3) is 0.429. The molecule has 1 amide bonds. The maximum atomic E-state index is 11.8. The number of rotatable bonds is 3. The molecule has 1 aromatic rings. The lowest BCUT2D eigenvalue weighted by Gasteiger charge is -2.40. The molecule has 1 aromatic carbocycles. The Morgan fingerprint density at radius 3 is 2.50 bits per heavy atom. The van der Waals surface area contributed by atoms with E-state index in [9.17, 15) is 4.79 Å². The molecule has 0 radical (unpaired) electrons. The number of benzene rings is 1. The van der Waals surface area contributed by atoms with E-state index in [1.807, 2.05) is 24.3 Å². The number of nitriles is 1. The van der Waals surface area contributed by atoms with Gasteiger partial charge in [0.05, 0.1) is 17.6 Å². The van der Waals surface area contributed by atoms with Crippen LogP contribution in [0.2, 0.25) is 0 Å². The first kappa shape index (κ1) is 11.1. The third kappa shape index (κ3) is 2.17. The third-order valence-electron chi connectivity index (χ3n) is 3.54. The molecule has 1 saturated heterocycles. The van der Waals surface area contributed by atoms with Crippen molar-refractivity contribution in [1.29, 1.82) is 5.26 Å². The number of hydrogen-bond acceptors (Lipinski definition) is 3. The van der Waals surface area contributed by atoms with E-state index in [1.54, 1.807) is 0 Å². The number of carbonyl (C=O) groups excluding carboxylic acids is 1. The van der Waals surface area contributed by atoms with E-state index in [0.717, 1.165) is 31.6 Å². The third-order valence-corrected chi connectivity index (χ3v) is 3.54. The van der Waals surface area contributed by atoms with Crippen molar-refractivity contribution >= 4 is 11.6 Å². The molecule has 4 nitrogen and oxygen atoms in total. The fourth-order valence-corrected chi connectivity index (χ4v) is 2.15. The first-order valence-corrected chi connectivity index (χ1v) is 6.32. The van der Waals surface area contributed by atoms with E-state index in [1.165, 1.54) is 0 Å². The number of hydrogen-bond donors (Lipinski definition) is 1. The lowest BCUT2D eigenvalue weighted by atomic mass is 9.98. The zero-order valence-corrected chi connectivity index (χ0v) is 10.1. The van der Waals surface area contributed by atoms with Crippen LogP contribution in [-0.2, 0) is 4.79 Å². The summed E-state index contributed by atoms with van der Waals surface area (Å²) >= 11 is 0.